The lowest BCUT2D eigenvalue weighted by atomic mass is 9.90. The standard InChI is InChI=1S/C7H15N.C6H4Cl2S.CH5N/c8-6-7-4-2-1-3-5-7;7-4-1-5(8)3-6(9)2-4;1-2/h7H,1-6,8H2;1-3,9H;2H2,1H3. The highest BCUT2D eigenvalue weighted by Gasteiger charge is 2.09. The van der Waals surface area contributed by atoms with E-state index in [2.05, 4.69) is 18.4 Å². The molecule has 0 amide bonds. The summed E-state index contributed by atoms with van der Waals surface area (Å²) in [5, 5.41) is 1.24. The summed E-state index contributed by atoms with van der Waals surface area (Å²) in [5.41, 5.74) is 10.0. The Labute approximate surface area is 132 Å². The minimum atomic E-state index is 0.618. The molecule has 0 saturated heterocycles. The average molecular weight is 323 g/mol. The predicted molar refractivity (Wildman–Crippen MR) is 89.5 cm³/mol. The maximum Gasteiger partial charge on any atom is 0.0431 e. The smallest absolute Gasteiger partial charge is 0.0431 e. The van der Waals surface area contributed by atoms with Crippen molar-refractivity contribution in [3.63, 3.8) is 0 Å². The molecule has 1 aliphatic carbocycles. The minimum Gasteiger partial charge on any atom is -0.333 e. The van der Waals surface area contributed by atoms with Gasteiger partial charge in [-0.05, 0) is 50.6 Å². The average Bonchev–Trinajstić information content (AvgIpc) is 2.41. The van der Waals surface area contributed by atoms with Gasteiger partial charge in [0.15, 0.2) is 0 Å². The summed E-state index contributed by atoms with van der Waals surface area (Å²) in [6, 6.07) is 5.13. The predicted octanol–water partition coefficient (Wildman–Crippen LogP) is 4.38. The van der Waals surface area contributed by atoms with Crippen molar-refractivity contribution in [2.45, 2.75) is 37.0 Å². The molecular formula is C14H24Cl2N2S. The van der Waals surface area contributed by atoms with E-state index in [9.17, 15) is 0 Å². The van der Waals surface area contributed by atoms with Gasteiger partial charge >= 0.3 is 0 Å². The SMILES string of the molecule is CN.NCC1CCCCC1.Sc1cc(Cl)cc(Cl)c1. The Morgan fingerprint density at radius 1 is 1.05 bits per heavy atom. The molecule has 1 aliphatic rings. The zero-order valence-electron chi connectivity index (χ0n) is 11.4. The number of halogens is 2. The van der Waals surface area contributed by atoms with Crippen molar-refractivity contribution in [3.05, 3.63) is 28.2 Å². The molecule has 0 heterocycles. The third kappa shape index (κ3) is 9.58. The second kappa shape index (κ2) is 11.9. The molecule has 0 bridgehead atoms. The molecule has 5 heteroatoms. The lowest BCUT2D eigenvalue weighted by molar-refractivity contribution is 0.366. The van der Waals surface area contributed by atoms with Crippen LogP contribution in [0, 0.1) is 5.92 Å². The van der Waals surface area contributed by atoms with Crippen LogP contribution in [0.3, 0.4) is 0 Å². The van der Waals surface area contributed by atoms with E-state index in [1.165, 1.54) is 39.2 Å². The number of nitrogens with two attached hydrogens (primary N) is 2. The topological polar surface area (TPSA) is 52.0 Å². The van der Waals surface area contributed by atoms with Crippen molar-refractivity contribution in [2.24, 2.45) is 17.4 Å². The molecule has 0 radical (unpaired) electrons. The van der Waals surface area contributed by atoms with Gasteiger partial charge in [-0.15, -0.1) is 12.6 Å². The van der Waals surface area contributed by atoms with Crippen molar-refractivity contribution in [2.75, 3.05) is 13.6 Å². The molecule has 1 fully saturated rings. The Balaban J connectivity index is 0.000000303. The first kappa shape index (κ1) is 19.1. The fourth-order valence-electron chi connectivity index (χ4n) is 1.96. The third-order valence-electron chi connectivity index (χ3n) is 2.91. The first-order chi connectivity index (χ1) is 9.11. The number of hydrogen-bond acceptors (Lipinski definition) is 3. The Hall–Kier alpha value is 0.0700. The summed E-state index contributed by atoms with van der Waals surface area (Å²) in [6.45, 7) is 0.917. The molecule has 1 aromatic carbocycles. The minimum absolute atomic E-state index is 0.618. The van der Waals surface area contributed by atoms with Gasteiger partial charge in [0.25, 0.3) is 0 Å². The van der Waals surface area contributed by atoms with Crippen LogP contribution in [0.25, 0.3) is 0 Å². The summed E-state index contributed by atoms with van der Waals surface area (Å²) >= 11 is 15.3. The van der Waals surface area contributed by atoms with Gasteiger partial charge in [-0.1, -0.05) is 42.5 Å². The summed E-state index contributed by atoms with van der Waals surface area (Å²) in [5.74, 6) is 0.865. The lowest BCUT2D eigenvalue weighted by Gasteiger charge is -2.18. The second-order valence-electron chi connectivity index (χ2n) is 4.37. The van der Waals surface area contributed by atoms with Gasteiger partial charge < -0.3 is 11.5 Å². The van der Waals surface area contributed by atoms with E-state index >= 15 is 0 Å². The number of benzene rings is 1. The molecule has 1 saturated carbocycles. The normalized spacial score (nSPS) is 14.8. The third-order valence-corrected chi connectivity index (χ3v) is 3.60. The van der Waals surface area contributed by atoms with E-state index in [0.717, 1.165) is 17.4 Å². The Morgan fingerprint density at radius 2 is 1.53 bits per heavy atom. The fraction of sp³-hybridized carbons (Fsp3) is 0.571. The monoisotopic (exact) mass is 322 g/mol. The molecule has 1 aromatic rings. The Kier molecular flexibility index (Phi) is 11.9. The van der Waals surface area contributed by atoms with Crippen molar-refractivity contribution in [1.82, 2.24) is 0 Å². The molecule has 0 aromatic heterocycles. The van der Waals surface area contributed by atoms with Gasteiger partial charge in [-0.25, -0.2) is 0 Å². The zero-order valence-corrected chi connectivity index (χ0v) is 13.8. The van der Waals surface area contributed by atoms with Gasteiger partial charge in [0.2, 0.25) is 0 Å². The molecule has 0 spiro atoms. The van der Waals surface area contributed by atoms with Crippen LogP contribution in [-0.2, 0) is 0 Å². The molecule has 2 nitrogen and oxygen atoms in total. The van der Waals surface area contributed by atoms with Crippen LogP contribution in [0.4, 0.5) is 0 Å². The highest BCUT2D eigenvalue weighted by atomic mass is 35.5. The summed E-state index contributed by atoms with van der Waals surface area (Å²) in [6.07, 6.45) is 7.05. The highest BCUT2D eigenvalue weighted by Crippen LogP contribution is 2.22. The first-order valence-corrected chi connectivity index (χ1v) is 7.75. The maximum absolute atomic E-state index is 5.62. The molecule has 0 unspecified atom stereocenters. The van der Waals surface area contributed by atoms with E-state index < -0.39 is 0 Å². The van der Waals surface area contributed by atoms with Gasteiger partial charge in [0, 0.05) is 14.9 Å². The molecule has 0 aliphatic heterocycles. The summed E-state index contributed by atoms with van der Waals surface area (Å²) < 4.78 is 0. The number of hydrogen-bond donors (Lipinski definition) is 3. The Bertz CT molecular complexity index is 292. The molecule has 2 rings (SSSR count). The van der Waals surface area contributed by atoms with Gasteiger partial charge in [0.05, 0.1) is 0 Å². The zero-order chi connectivity index (χ0) is 14.7. The van der Waals surface area contributed by atoms with E-state index in [4.69, 9.17) is 28.9 Å². The van der Waals surface area contributed by atoms with Crippen molar-refractivity contribution in [3.8, 4) is 0 Å². The number of rotatable bonds is 1. The van der Waals surface area contributed by atoms with Crippen LogP contribution in [0.2, 0.25) is 10.0 Å². The van der Waals surface area contributed by atoms with E-state index in [1.54, 1.807) is 18.2 Å². The van der Waals surface area contributed by atoms with Crippen molar-refractivity contribution < 1.29 is 0 Å². The van der Waals surface area contributed by atoms with E-state index in [-0.39, 0.29) is 0 Å². The van der Waals surface area contributed by atoms with Crippen LogP contribution in [0.15, 0.2) is 23.1 Å². The maximum atomic E-state index is 5.62. The molecular weight excluding hydrogens is 299 g/mol. The van der Waals surface area contributed by atoms with Gasteiger partial charge in [-0.3, -0.25) is 0 Å². The van der Waals surface area contributed by atoms with Crippen LogP contribution in [0.5, 0.6) is 0 Å². The van der Waals surface area contributed by atoms with Crippen LogP contribution in [-0.4, -0.2) is 13.6 Å². The Morgan fingerprint density at radius 3 is 1.84 bits per heavy atom. The molecule has 0 atom stereocenters. The second-order valence-corrected chi connectivity index (χ2v) is 5.76. The number of thiol groups is 1. The quantitative estimate of drug-likeness (QED) is 0.672. The largest absolute Gasteiger partial charge is 0.333 e. The van der Waals surface area contributed by atoms with E-state index in [0.29, 0.717) is 10.0 Å². The van der Waals surface area contributed by atoms with E-state index in [1.807, 2.05) is 0 Å². The van der Waals surface area contributed by atoms with Crippen LogP contribution < -0.4 is 11.5 Å². The van der Waals surface area contributed by atoms with Crippen molar-refractivity contribution in [1.29, 1.82) is 0 Å². The van der Waals surface area contributed by atoms with Gasteiger partial charge in [-0.2, -0.15) is 0 Å². The van der Waals surface area contributed by atoms with Gasteiger partial charge in [0.1, 0.15) is 0 Å². The van der Waals surface area contributed by atoms with Crippen molar-refractivity contribution >= 4 is 35.8 Å². The highest BCUT2D eigenvalue weighted by molar-refractivity contribution is 7.80. The summed E-state index contributed by atoms with van der Waals surface area (Å²) in [4.78, 5) is 0.785. The van der Waals surface area contributed by atoms with Crippen LogP contribution in [0.1, 0.15) is 32.1 Å². The van der Waals surface area contributed by atoms with Crippen LogP contribution >= 0.6 is 35.8 Å². The molecule has 4 N–H and O–H groups in total. The molecule has 19 heavy (non-hydrogen) atoms. The summed E-state index contributed by atoms with van der Waals surface area (Å²) in [7, 11) is 1.50. The molecule has 110 valence electrons. The fourth-order valence-corrected chi connectivity index (χ4v) is 2.92. The lowest BCUT2D eigenvalue weighted by Crippen LogP contribution is -2.16. The first-order valence-electron chi connectivity index (χ1n) is 6.54.